The lowest BCUT2D eigenvalue weighted by atomic mass is 9.65. The van der Waals surface area contributed by atoms with E-state index in [1.807, 2.05) is 0 Å². The Labute approximate surface area is 212 Å². The second-order valence-corrected chi connectivity index (χ2v) is 12.3. The molecule has 4 atom stereocenters. The van der Waals surface area contributed by atoms with Crippen LogP contribution in [0.3, 0.4) is 0 Å². The van der Waals surface area contributed by atoms with Gasteiger partial charge in [-0.05, 0) is 85.9 Å². The summed E-state index contributed by atoms with van der Waals surface area (Å²) in [7, 11) is 0. The van der Waals surface area contributed by atoms with Crippen molar-refractivity contribution in [2.45, 2.75) is 166 Å². The van der Waals surface area contributed by atoms with Crippen LogP contribution < -0.4 is 0 Å². The molecule has 9 saturated carbocycles. The third-order valence-electron chi connectivity index (χ3n) is 10.4. The minimum Gasteiger partial charge on any atom is -0.0776 e. The topological polar surface area (TPSA) is 0 Å². The van der Waals surface area contributed by atoms with Gasteiger partial charge in [-0.3, -0.25) is 0 Å². The van der Waals surface area contributed by atoms with Gasteiger partial charge in [0.2, 0.25) is 0 Å². The normalized spacial score (nSPS) is 40.7. The van der Waals surface area contributed by atoms with Crippen molar-refractivity contribution in [2.75, 3.05) is 0 Å². The zero-order valence-corrected chi connectivity index (χ0v) is 18.8. The highest BCUT2D eigenvalue weighted by atomic mass is 14.4. The van der Waals surface area contributed by atoms with Gasteiger partial charge in [0.15, 0.2) is 0 Å². The quantitative estimate of drug-likeness (QED) is 0.334. The standard InChI is InChI=1S/4C7H12.5CH4/c1-2-7-4-3-6(1)5-7;1-2-6-4-7(3-1)5-6;1-2-6-4-5-7(6)3-1;1-2-4-7-5-6(7)3-1;;;;;/h4*6-7H,1-5H2;5*1H4. The van der Waals surface area contributed by atoms with Crippen LogP contribution in [-0.2, 0) is 0 Å². The Morgan fingerprint density at radius 2 is 0.606 bits per heavy atom. The van der Waals surface area contributed by atoms with Crippen molar-refractivity contribution in [3.05, 3.63) is 0 Å². The zero-order chi connectivity index (χ0) is 18.8. The van der Waals surface area contributed by atoms with E-state index < -0.39 is 0 Å². The molecule has 33 heavy (non-hydrogen) atoms. The molecule has 9 aliphatic rings. The molecule has 9 fully saturated rings. The molecule has 0 N–H and O–H groups in total. The van der Waals surface area contributed by atoms with E-state index in [2.05, 4.69) is 0 Å². The van der Waals surface area contributed by atoms with Crippen LogP contribution in [0.2, 0.25) is 0 Å². The summed E-state index contributed by atoms with van der Waals surface area (Å²) in [6.45, 7) is 0. The van der Waals surface area contributed by atoms with E-state index in [1.165, 1.54) is 73.0 Å². The summed E-state index contributed by atoms with van der Waals surface area (Å²) in [5, 5.41) is 0. The molecule has 200 valence electrons. The lowest BCUT2D eigenvalue weighted by molar-refractivity contribution is 0.116. The van der Waals surface area contributed by atoms with Crippen LogP contribution in [0.15, 0.2) is 0 Å². The van der Waals surface area contributed by atoms with Crippen molar-refractivity contribution in [3.63, 3.8) is 0 Å². The number of hydrogen-bond donors (Lipinski definition) is 0. The monoisotopic (exact) mass is 465 g/mol. The van der Waals surface area contributed by atoms with E-state index in [9.17, 15) is 0 Å². The molecule has 4 bridgehead atoms. The average Bonchev–Trinajstić information content (AvgIpc) is 2.98. The summed E-state index contributed by atoms with van der Waals surface area (Å²) < 4.78 is 0. The van der Waals surface area contributed by atoms with Crippen molar-refractivity contribution >= 4 is 0 Å². The minimum atomic E-state index is 0. The number of hydrogen-bond acceptors (Lipinski definition) is 0. The van der Waals surface area contributed by atoms with E-state index >= 15 is 0 Å². The fraction of sp³-hybridized carbons (Fsp3) is 1.00. The van der Waals surface area contributed by atoms with Crippen LogP contribution in [0, 0.1) is 47.3 Å². The molecular weight excluding hydrogens is 396 g/mol. The molecule has 9 rings (SSSR count). The Kier molecular flexibility index (Phi) is 15.9. The fourth-order valence-electron chi connectivity index (χ4n) is 8.09. The molecule has 0 aromatic heterocycles. The third-order valence-corrected chi connectivity index (χ3v) is 10.4. The van der Waals surface area contributed by atoms with Crippen LogP contribution >= 0.6 is 0 Å². The summed E-state index contributed by atoms with van der Waals surface area (Å²) >= 11 is 0. The van der Waals surface area contributed by atoms with Crippen molar-refractivity contribution < 1.29 is 0 Å². The maximum Gasteiger partial charge on any atom is -0.0383 e. The minimum absolute atomic E-state index is 0. The van der Waals surface area contributed by atoms with Crippen LogP contribution in [0.1, 0.15) is 166 Å². The Hall–Kier alpha value is 0. The van der Waals surface area contributed by atoms with Crippen LogP contribution in [0.4, 0.5) is 0 Å². The summed E-state index contributed by atoms with van der Waals surface area (Å²) in [5.41, 5.74) is 0. The second kappa shape index (κ2) is 15.9. The molecule has 4 unspecified atom stereocenters. The average molecular weight is 465 g/mol. The molecule has 9 aliphatic carbocycles. The Balaban J connectivity index is 0.000000394. The largest absolute Gasteiger partial charge is 0.0776 e. The van der Waals surface area contributed by atoms with E-state index in [0.29, 0.717) is 0 Å². The first-order valence-electron chi connectivity index (χ1n) is 13.8. The van der Waals surface area contributed by atoms with Crippen LogP contribution in [0.5, 0.6) is 0 Å². The van der Waals surface area contributed by atoms with Crippen molar-refractivity contribution in [2.24, 2.45) is 47.3 Å². The number of fused-ring (bicyclic) bond motifs is 6. The maximum absolute atomic E-state index is 1.58. The molecule has 0 aromatic rings. The van der Waals surface area contributed by atoms with Crippen molar-refractivity contribution in [1.29, 1.82) is 0 Å². The summed E-state index contributed by atoms with van der Waals surface area (Å²) in [4.78, 5) is 0. The van der Waals surface area contributed by atoms with Crippen LogP contribution in [-0.4, -0.2) is 0 Å². The Morgan fingerprint density at radius 1 is 0.242 bits per heavy atom. The van der Waals surface area contributed by atoms with Gasteiger partial charge in [-0.15, -0.1) is 0 Å². The van der Waals surface area contributed by atoms with Crippen LogP contribution in [0.25, 0.3) is 0 Å². The van der Waals surface area contributed by atoms with Gasteiger partial charge in [0.05, 0.1) is 0 Å². The second-order valence-electron chi connectivity index (χ2n) is 12.3. The molecule has 0 spiro atoms. The molecule has 0 aliphatic heterocycles. The summed E-state index contributed by atoms with van der Waals surface area (Å²) in [6, 6.07) is 0. The molecule has 0 nitrogen and oxygen atoms in total. The van der Waals surface area contributed by atoms with Gasteiger partial charge >= 0.3 is 0 Å². The van der Waals surface area contributed by atoms with Crippen molar-refractivity contribution in [1.82, 2.24) is 0 Å². The summed E-state index contributed by atoms with van der Waals surface area (Å²) in [5.74, 6) is 9.50. The molecule has 0 heteroatoms. The molecule has 0 aromatic carbocycles. The predicted molar refractivity (Wildman–Crippen MR) is 154 cm³/mol. The Bertz CT molecular complexity index is 417. The molecule has 0 saturated heterocycles. The lowest BCUT2D eigenvalue weighted by Crippen LogP contribution is -2.28. The van der Waals surface area contributed by atoms with E-state index in [-0.39, 0.29) is 37.1 Å². The first-order valence-corrected chi connectivity index (χ1v) is 13.8. The van der Waals surface area contributed by atoms with Gasteiger partial charge in [0, 0.05) is 0 Å². The van der Waals surface area contributed by atoms with E-state index in [4.69, 9.17) is 0 Å². The molecule has 0 radical (unpaired) electrons. The molecular formula is C33H68. The first-order chi connectivity index (χ1) is 13.8. The first kappa shape index (κ1) is 33.0. The SMILES string of the molecule is C.C.C.C.C.C1CC2CC(C1)C2.C1CC2CCC1C2.C1CC2CCC2C1.C1CCC2CC2C1. The van der Waals surface area contributed by atoms with Gasteiger partial charge < -0.3 is 0 Å². The van der Waals surface area contributed by atoms with Gasteiger partial charge in [0.1, 0.15) is 0 Å². The number of rotatable bonds is 0. The molecule has 0 amide bonds. The fourth-order valence-corrected chi connectivity index (χ4v) is 8.09. The smallest absolute Gasteiger partial charge is 0.0383 e. The molecule has 0 heterocycles. The highest BCUT2D eigenvalue weighted by molar-refractivity contribution is 4.89. The lowest BCUT2D eigenvalue weighted by Gasteiger charge is -2.40. The van der Waals surface area contributed by atoms with E-state index in [1.54, 1.807) is 103 Å². The highest BCUT2D eigenvalue weighted by Gasteiger charge is 2.38. The summed E-state index contributed by atoms with van der Waals surface area (Å²) in [6.07, 6.45) is 31.2. The predicted octanol–water partition coefficient (Wildman–Crippen LogP) is 12.0. The highest BCUT2D eigenvalue weighted by Crippen LogP contribution is 2.49. The maximum atomic E-state index is 1.58. The van der Waals surface area contributed by atoms with Gasteiger partial charge in [-0.25, -0.2) is 0 Å². The van der Waals surface area contributed by atoms with Gasteiger partial charge in [-0.1, -0.05) is 127 Å². The van der Waals surface area contributed by atoms with Crippen molar-refractivity contribution in [3.8, 4) is 0 Å². The zero-order valence-electron chi connectivity index (χ0n) is 18.8. The third kappa shape index (κ3) is 9.18. The van der Waals surface area contributed by atoms with Gasteiger partial charge in [-0.2, -0.15) is 0 Å². The Morgan fingerprint density at radius 3 is 0.818 bits per heavy atom. The van der Waals surface area contributed by atoms with Gasteiger partial charge in [0.25, 0.3) is 0 Å². The van der Waals surface area contributed by atoms with E-state index in [0.717, 1.165) is 0 Å².